The molecule has 0 bridgehead atoms. The molecule has 0 aliphatic heterocycles. The van der Waals surface area contributed by atoms with Crippen molar-refractivity contribution in [3.05, 3.63) is 12.3 Å². The normalized spacial score (nSPS) is 12.8. The Kier molecular flexibility index (Phi) is 4.52. The summed E-state index contributed by atoms with van der Waals surface area (Å²) in [5.41, 5.74) is 5.06. The summed E-state index contributed by atoms with van der Waals surface area (Å²) in [5.74, 6) is -0.549. The van der Waals surface area contributed by atoms with Crippen molar-refractivity contribution in [2.45, 2.75) is 45.9 Å². The number of nitrogen functional groups attached to an aromatic ring is 1. The standard InChI is InChI=1S/C12H20N4O3/c1-8(11(18)14-12(2,3)4)19-10(17)7-16-6-5-9(13)15-16/h5-6,8H,7H2,1-4H3,(H2,13,15)(H,14,18). The van der Waals surface area contributed by atoms with Crippen LogP contribution >= 0.6 is 0 Å². The topological polar surface area (TPSA) is 99.2 Å². The maximum atomic E-state index is 11.7. The number of hydrogen-bond donors (Lipinski definition) is 2. The van der Waals surface area contributed by atoms with Crippen molar-refractivity contribution in [3.8, 4) is 0 Å². The molecule has 0 saturated carbocycles. The van der Waals surface area contributed by atoms with E-state index in [4.69, 9.17) is 10.5 Å². The van der Waals surface area contributed by atoms with Gasteiger partial charge in [-0.15, -0.1) is 0 Å². The molecular formula is C12H20N4O3. The predicted octanol–water partition coefficient (Wildman–Crippen LogP) is 0.312. The van der Waals surface area contributed by atoms with Gasteiger partial charge in [0.05, 0.1) is 0 Å². The van der Waals surface area contributed by atoms with Gasteiger partial charge < -0.3 is 15.8 Å². The minimum absolute atomic E-state index is 0.0790. The molecule has 106 valence electrons. The summed E-state index contributed by atoms with van der Waals surface area (Å²) >= 11 is 0. The second kappa shape index (κ2) is 5.73. The predicted molar refractivity (Wildman–Crippen MR) is 70.1 cm³/mol. The number of nitrogens with two attached hydrogens (primary N) is 1. The van der Waals surface area contributed by atoms with Gasteiger partial charge in [0.2, 0.25) is 0 Å². The summed E-state index contributed by atoms with van der Waals surface area (Å²) in [6, 6.07) is 1.57. The number of ether oxygens (including phenoxy) is 1. The summed E-state index contributed by atoms with van der Waals surface area (Å²) in [4.78, 5) is 23.3. The van der Waals surface area contributed by atoms with E-state index >= 15 is 0 Å². The van der Waals surface area contributed by atoms with Crippen LogP contribution in [0.4, 0.5) is 5.82 Å². The van der Waals surface area contributed by atoms with E-state index in [1.54, 1.807) is 12.3 Å². The van der Waals surface area contributed by atoms with Crippen molar-refractivity contribution < 1.29 is 14.3 Å². The average molecular weight is 268 g/mol. The largest absolute Gasteiger partial charge is 0.451 e. The fourth-order valence-corrected chi connectivity index (χ4v) is 1.36. The molecule has 1 heterocycles. The van der Waals surface area contributed by atoms with Gasteiger partial charge in [-0.05, 0) is 33.8 Å². The van der Waals surface area contributed by atoms with Crippen molar-refractivity contribution in [1.29, 1.82) is 0 Å². The van der Waals surface area contributed by atoms with E-state index in [2.05, 4.69) is 10.4 Å². The minimum atomic E-state index is -0.848. The van der Waals surface area contributed by atoms with Crippen LogP contribution in [-0.2, 0) is 20.9 Å². The molecule has 0 aromatic carbocycles. The van der Waals surface area contributed by atoms with E-state index in [0.717, 1.165) is 0 Å². The van der Waals surface area contributed by atoms with Gasteiger partial charge in [-0.3, -0.25) is 14.3 Å². The molecule has 0 aliphatic rings. The van der Waals surface area contributed by atoms with Gasteiger partial charge in [0.1, 0.15) is 12.4 Å². The number of carbonyl (C=O) groups is 2. The van der Waals surface area contributed by atoms with Crippen LogP contribution in [0.15, 0.2) is 12.3 Å². The molecule has 0 spiro atoms. The Morgan fingerprint density at radius 3 is 2.63 bits per heavy atom. The van der Waals surface area contributed by atoms with Crippen LogP contribution in [0.3, 0.4) is 0 Å². The fraction of sp³-hybridized carbons (Fsp3) is 0.583. The molecule has 1 aromatic heterocycles. The zero-order valence-corrected chi connectivity index (χ0v) is 11.6. The lowest BCUT2D eigenvalue weighted by molar-refractivity contribution is -0.156. The number of amides is 1. The lowest BCUT2D eigenvalue weighted by atomic mass is 10.1. The van der Waals surface area contributed by atoms with Gasteiger partial charge in [0.15, 0.2) is 6.10 Å². The van der Waals surface area contributed by atoms with E-state index in [-0.39, 0.29) is 18.0 Å². The van der Waals surface area contributed by atoms with Crippen LogP contribution in [0, 0.1) is 0 Å². The molecule has 7 nitrogen and oxygen atoms in total. The number of esters is 1. The molecule has 19 heavy (non-hydrogen) atoms. The molecule has 0 saturated heterocycles. The third-order valence-corrected chi connectivity index (χ3v) is 2.13. The Hall–Kier alpha value is -2.05. The van der Waals surface area contributed by atoms with E-state index in [1.165, 1.54) is 11.6 Å². The molecule has 3 N–H and O–H groups in total. The number of hydrogen-bond acceptors (Lipinski definition) is 5. The Bertz CT molecular complexity index is 462. The van der Waals surface area contributed by atoms with Crippen molar-refractivity contribution >= 4 is 17.7 Å². The third kappa shape index (κ3) is 5.41. The smallest absolute Gasteiger partial charge is 0.328 e. The molecule has 1 amide bonds. The fourth-order valence-electron chi connectivity index (χ4n) is 1.36. The van der Waals surface area contributed by atoms with Crippen LogP contribution < -0.4 is 11.1 Å². The van der Waals surface area contributed by atoms with Gasteiger partial charge in [0.25, 0.3) is 5.91 Å². The number of carbonyl (C=O) groups excluding carboxylic acids is 2. The molecule has 0 fully saturated rings. The van der Waals surface area contributed by atoms with Gasteiger partial charge in [-0.25, -0.2) is 0 Å². The van der Waals surface area contributed by atoms with Gasteiger partial charge in [0, 0.05) is 11.7 Å². The van der Waals surface area contributed by atoms with E-state index in [1.807, 2.05) is 20.8 Å². The van der Waals surface area contributed by atoms with Crippen molar-refractivity contribution in [3.63, 3.8) is 0 Å². The molecule has 1 aromatic rings. The maximum Gasteiger partial charge on any atom is 0.328 e. The number of aromatic nitrogens is 2. The van der Waals surface area contributed by atoms with Gasteiger partial charge >= 0.3 is 5.97 Å². The van der Waals surface area contributed by atoms with Crippen LogP contribution in [0.5, 0.6) is 0 Å². The quantitative estimate of drug-likeness (QED) is 0.766. The zero-order valence-electron chi connectivity index (χ0n) is 11.6. The second-order valence-corrected chi connectivity index (χ2v) is 5.31. The summed E-state index contributed by atoms with van der Waals surface area (Å²) in [6.07, 6.45) is 0.718. The molecule has 1 unspecified atom stereocenters. The molecule has 1 rings (SSSR count). The second-order valence-electron chi connectivity index (χ2n) is 5.31. The lowest BCUT2D eigenvalue weighted by Gasteiger charge is -2.23. The Morgan fingerprint density at radius 2 is 2.16 bits per heavy atom. The zero-order chi connectivity index (χ0) is 14.6. The third-order valence-electron chi connectivity index (χ3n) is 2.13. The number of rotatable bonds is 4. The van der Waals surface area contributed by atoms with Crippen LogP contribution in [0.1, 0.15) is 27.7 Å². The summed E-state index contributed by atoms with van der Waals surface area (Å²) in [6.45, 7) is 7.00. The SMILES string of the molecule is CC(OC(=O)Cn1ccc(N)n1)C(=O)NC(C)(C)C. The first kappa shape index (κ1) is 15.0. The highest BCUT2D eigenvalue weighted by Gasteiger charge is 2.22. The number of anilines is 1. The van der Waals surface area contributed by atoms with Crippen LogP contribution in [0.25, 0.3) is 0 Å². The summed E-state index contributed by atoms with van der Waals surface area (Å²) < 4.78 is 6.37. The molecule has 7 heteroatoms. The van der Waals surface area contributed by atoms with Crippen molar-refractivity contribution in [1.82, 2.24) is 15.1 Å². The maximum absolute atomic E-state index is 11.7. The molecule has 0 radical (unpaired) electrons. The first-order valence-electron chi connectivity index (χ1n) is 5.98. The van der Waals surface area contributed by atoms with Crippen LogP contribution in [-0.4, -0.2) is 33.3 Å². The highest BCUT2D eigenvalue weighted by Crippen LogP contribution is 2.02. The monoisotopic (exact) mass is 268 g/mol. The Morgan fingerprint density at radius 1 is 1.53 bits per heavy atom. The van der Waals surface area contributed by atoms with E-state index in [0.29, 0.717) is 5.82 Å². The first-order chi connectivity index (χ1) is 8.67. The minimum Gasteiger partial charge on any atom is -0.451 e. The highest BCUT2D eigenvalue weighted by molar-refractivity contribution is 5.83. The number of nitrogens with one attached hydrogen (secondary N) is 1. The number of nitrogens with zero attached hydrogens (tertiary/aromatic N) is 2. The Labute approximate surface area is 112 Å². The van der Waals surface area contributed by atoms with Gasteiger partial charge in [-0.2, -0.15) is 5.10 Å². The summed E-state index contributed by atoms with van der Waals surface area (Å²) in [7, 11) is 0. The lowest BCUT2D eigenvalue weighted by Crippen LogP contribution is -2.46. The molecular weight excluding hydrogens is 248 g/mol. The first-order valence-corrected chi connectivity index (χ1v) is 5.98. The van der Waals surface area contributed by atoms with E-state index < -0.39 is 12.1 Å². The van der Waals surface area contributed by atoms with Crippen molar-refractivity contribution in [2.24, 2.45) is 0 Å². The average Bonchev–Trinajstić information content (AvgIpc) is 2.60. The van der Waals surface area contributed by atoms with Crippen molar-refractivity contribution in [2.75, 3.05) is 5.73 Å². The van der Waals surface area contributed by atoms with E-state index in [9.17, 15) is 9.59 Å². The molecule has 0 aliphatic carbocycles. The summed E-state index contributed by atoms with van der Waals surface area (Å²) in [5, 5.41) is 6.59. The molecule has 1 atom stereocenters. The highest BCUT2D eigenvalue weighted by atomic mass is 16.5. The van der Waals surface area contributed by atoms with Gasteiger partial charge in [-0.1, -0.05) is 0 Å². The van der Waals surface area contributed by atoms with Crippen LogP contribution in [0.2, 0.25) is 0 Å². The Balaban J connectivity index is 2.46.